The second-order valence-corrected chi connectivity index (χ2v) is 7.32. The first-order valence-corrected chi connectivity index (χ1v) is 9.04. The largest absolute Gasteiger partial charge is 0.497 e. The molecule has 0 atom stereocenters. The summed E-state index contributed by atoms with van der Waals surface area (Å²) in [7, 11) is -1.95. The van der Waals surface area contributed by atoms with Crippen LogP contribution in [0.5, 0.6) is 5.75 Å². The lowest BCUT2D eigenvalue weighted by atomic mass is 10.2. The first kappa shape index (κ1) is 16.5. The number of amides is 1. The molecule has 2 N–H and O–H groups in total. The molecule has 24 heavy (non-hydrogen) atoms. The van der Waals surface area contributed by atoms with Gasteiger partial charge in [0.2, 0.25) is 10.0 Å². The molecule has 1 aliphatic carbocycles. The molecule has 3 rings (SSSR count). The minimum absolute atomic E-state index is 0.0473. The summed E-state index contributed by atoms with van der Waals surface area (Å²) < 4.78 is 31.9. The van der Waals surface area contributed by atoms with Crippen LogP contribution in [0.3, 0.4) is 0 Å². The minimum Gasteiger partial charge on any atom is -0.497 e. The third-order valence-corrected chi connectivity index (χ3v) is 5.19. The molecule has 0 aliphatic heterocycles. The van der Waals surface area contributed by atoms with Gasteiger partial charge in [-0.25, -0.2) is 13.1 Å². The molecule has 0 radical (unpaired) electrons. The highest BCUT2D eigenvalue weighted by Gasteiger charge is 2.27. The van der Waals surface area contributed by atoms with Crippen molar-refractivity contribution in [3.8, 4) is 5.75 Å². The van der Waals surface area contributed by atoms with E-state index in [9.17, 15) is 13.2 Å². The van der Waals surface area contributed by atoms with Crippen molar-refractivity contribution in [2.45, 2.75) is 23.8 Å². The van der Waals surface area contributed by atoms with Gasteiger partial charge in [0.25, 0.3) is 5.91 Å². The molecule has 2 aromatic rings. The van der Waals surface area contributed by atoms with Crippen LogP contribution in [0.15, 0.2) is 53.4 Å². The molecular weight excluding hydrogens is 328 g/mol. The smallest absolute Gasteiger partial charge is 0.255 e. The molecule has 1 aliphatic rings. The van der Waals surface area contributed by atoms with Crippen molar-refractivity contribution in [1.29, 1.82) is 0 Å². The van der Waals surface area contributed by atoms with Crippen molar-refractivity contribution in [3.05, 3.63) is 54.1 Å². The van der Waals surface area contributed by atoms with Gasteiger partial charge in [-0.2, -0.15) is 0 Å². The number of hydrogen-bond acceptors (Lipinski definition) is 4. The Kier molecular flexibility index (Phi) is 4.55. The van der Waals surface area contributed by atoms with Gasteiger partial charge in [0, 0.05) is 23.4 Å². The van der Waals surface area contributed by atoms with E-state index in [-0.39, 0.29) is 16.8 Å². The number of ether oxygens (including phenoxy) is 1. The SMILES string of the molecule is COc1cccc(NC(=O)c2ccc(S(=O)(=O)NC3CC3)cc2)c1. The van der Waals surface area contributed by atoms with Gasteiger partial charge in [-0.1, -0.05) is 6.07 Å². The molecule has 0 aromatic heterocycles. The number of sulfonamides is 1. The van der Waals surface area contributed by atoms with Gasteiger partial charge in [-0.05, 0) is 49.2 Å². The lowest BCUT2D eigenvalue weighted by molar-refractivity contribution is 0.102. The zero-order chi connectivity index (χ0) is 17.2. The van der Waals surface area contributed by atoms with Crippen LogP contribution in [0.4, 0.5) is 5.69 Å². The van der Waals surface area contributed by atoms with Gasteiger partial charge in [0.05, 0.1) is 12.0 Å². The van der Waals surface area contributed by atoms with Crippen molar-refractivity contribution < 1.29 is 17.9 Å². The Bertz CT molecular complexity index is 843. The van der Waals surface area contributed by atoms with Crippen molar-refractivity contribution in [3.63, 3.8) is 0 Å². The highest BCUT2D eigenvalue weighted by molar-refractivity contribution is 7.89. The second-order valence-electron chi connectivity index (χ2n) is 5.61. The van der Waals surface area contributed by atoms with Crippen LogP contribution in [-0.2, 0) is 10.0 Å². The average Bonchev–Trinajstić information content (AvgIpc) is 3.38. The Morgan fingerprint density at radius 2 is 1.83 bits per heavy atom. The van der Waals surface area contributed by atoms with Gasteiger partial charge in [-0.15, -0.1) is 0 Å². The molecule has 0 heterocycles. The van der Waals surface area contributed by atoms with E-state index in [4.69, 9.17) is 4.74 Å². The molecule has 6 nitrogen and oxygen atoms in total. The molecule has 7 heteroatoms. The Hall–Kier alpha value is -2.38. The summed E-state index contributed by atoms with van der Waals surface area (Å²) in [4.78, 5) is 12.4. The molecule has 0 unspecified atom stereocenters. The van der Waals surface area contributed by atoms with Crippen LogP contribution in [-0.4, -0.2) is 27.5 Å². The van der Waals surface area contributed by atoms with Crippen LogP contribution < -0.4 is 14.8 Å². The topological polar surface area (TPSA) is 84.5 Å². The molecule has 0 bridgehead atoms. The summed E-state index contributed by atoms with van der Waals surface area (Å²) in [6, 6.07) is 12.9. The highest BCUT2D eigenvalue weighted by Crippen LogP contribution is 2.22. The molecule has 1 saturated carbocycles. The normalized spacial score (nSPS) is 14.2. The van der Waals surface area contributed by atoms with E-state index in [2.05, 4.69) is 10.0 Å². The predicted molar refractivity (Wildman–Crippen MR) is 90.7 cm³/mol. The van der Waals surface area contributed by atoms with Gasteiger partial charge >= 0.3 is 0 Å². The van der Waals surface area contributed by atoms with Crippen LogP contribution in [0, 0.1) is 0 Å². The maximum Gasteiger partial charge on any atom is 0.255 e. The van der Waals surface area contributed by atoms with E-state index in [1.54, 1.807) is 31.4 Å². The molecule has 0 spiro atoms. The van der Waals surface area contributed by atoms with E-state index in [0.717, 1.165) is 12.8 Å². The van der Waals surface area contributed by atoms with E-state index < -0.39 is 10.0 Å². The lowest BCUT2D eigenvalue weighted by Gasteiger charge is -2.08. The summed E-state index contributed by atoms with van der Waals surface area (Å²) in [5.41, 5.74) is 0.981. The van der Waals surface area contributed by atoms with Crippen molar-refractivity contribution in [1.82, 2.24) is 4.72 Å². The number of benzene rings is 2. The molecular formula is C17H18N2O4S. The van der Waals surface area contributed by atoms with Gasteiger partial charge < -0.3 is 10.1 Å². The fourth-order valence-electron chi connectivity index (χ4n) is 2.18. The zero-order valence-corrected chi connectivity index (χ0v) is 14.0. The molecule has 0 saturated heterocycles. The number of anilines is 1. The van der Waals surface area contributed by atoms with Gasteiger partial charge in [0.1, 0.15) is 5.75 Å². The van der Waals surface area contributed by atoms with E-state index >= 15 is 0 Å². The molecule has 2 aromatic carbocycles. The third-order valence-electron chi connectivity index (χ3n) is 3.65. The third kappa shape index (κ3) is 3.93. The van der Waals surface area contributed by atoms with Crippen LogP contribution in [0.2, 0.25) is 0 Å². The predicted octanol–water partition coefficient (Wildman–Crippen LogP) is 2.39. The fraction of sp³-hybridized carbons (Fsp3) is 0.235. The van der Waals surface area contributed by atoms with Crippen LogP contribution >= 0.6 is 0 Å². The summed E-state index contributed by atoms with van der Waals surface area (Å²) in [6.45, 7) is 0. The minimum atomic E-state index is -3.51. The van der Waals surface area contributed by atoms with Gasteiger partial charge in [0.15, 0.2) is 0 Å². The lowest BCUT2D eigenvalue weighted by Crippen LogP contribution is -2.25. The Balaban J connectivity index is 1.71. The van der Waals surface area contributed by atoms with Crippen LogP contribution in [0.1, 0.15) is 23.2 Å². The van der Waals surface area contributed by atoms with Crippen LogP contribution in [0.25, 0.3) is 0 Å². The number of methoxy groups -OCH3 is 1. The van der Waals surface area contributed by atoms with E-state index in [1.807, 2.05) is 0 Å². The first-order chi connectivity index (χ1) is 11.5. The second kappa shape index (κ2) is 6.62. The summed E-state index contributed by atoms with van der Waals surface area (Å²) in [5.74, 6) is 0.322. The quantitative estimate of drug-likeness (QED) is 0.841. The number of rotatable bonds is 6. The Morgan fingerprint density at radius 3 is 2.46 bits per heavy atom. The van der Waals surface area contributed by atoms with Crippen molar-refractivity contribution in [2.75, 3.05) is 12.4 Å². The van der Waals surface area contributed by atoms with E-state index in [0.29, 0.717) is 17.0 Å². The zero-order valence-electron chi connectivity index (χ0n) is 13.2. The number of nitrogens with one attached hydrogen (secondary N) is 2. The summed E-state index contributed by atoms with van der Waals surface area (Å²) >= 11 is 0. The number of carbonyl (C=O) groups excluding carboxylic acids is 1. The first-order valence-electron chi connectivity index (χ1n) is 7.56. The average molecular weight is 346 g/mol. The summed E-state index contributed by atoms with van der Waals surface area (Å²) in [5, 5.41) is 2.75. The highest BCUT2D eigenvalue weighted by atomic mass is 32.2. The van der Waals surface area contributed by atoms with Gasteiger partial charge in [-0.3, -0.25) is 4.79 Å². The number of carbonyl (C=O) groups is 1. The Morgan fingerprint density at radius 1 is 1.12 bits per heavy atom. The molecule has 126 valence electrons. The van der Waals surface area contributed by atoms with E-state index in [1.165, 1.54) is 24.3 Å². The van der Waals surface area contributed by atoms with Crippen molar-refractivity contribution in [2.24, 2.45) is 0 Å². The standard InChI is InChI=1S/C17H18N2O4S/c1-23-15-4-2-3-14(11-15)18-17(20)12-5-9-16(10-6-12)24(21,22)19-13-7-8-13/h2-6,9-11,13,19H,7-8H2,1H3,(H,18,20). The molecule has 1 fully saturated rings. The summed E-state index contributed by atoms with van der Waals surface area (Å²) in [6.07, 6.45) is 1.75. The van der Waals surface area contributed by atoms with Crippen molar-refractivity contribution >= 4 is 21.6 Å². The Labute approximate surface area is 140 Å². The maximum atomic E-state index is 12.2. The number of hydrogen-bond donors (Lipinski definition) is 2. The monoisotopic (exact) mass is 346 g/mol. The molecule has 1 amide bonds. The maximum absolute atomic E-state index is 12.2. The fourth-order valence-corrected chi connectivity index (χ4v) is 3.48.